The van der Waals surface area contributed by atoms with E-state index in [0.29, 0.717) is 19.3 Å². The Morgan fingerprint density at radius 2 is 0.714 bits per heavy atom. The van der Waals surface area contributed by atoms with E-state index in [-0.39, 0.29) is 31.1 Å². The van der Waals surface area contributed by atoms with Crippen LogP contribution in [0.25, 0.3) is 0 Å². The van der Waals surface area contributed by atoms with Gasteiger partial charge in [-0.2, -0.15) is 0 Å². The molecule has 320 valence electrons. The van der Waals surface area contributed by atoms with Crippen molar-refractivity contribution in [2.45, 2.75) is 213 Å². The van der Waals surface area contributed by atoms with Crippen LogP contribution in [0.3, 0.4) is 0 Å². The molecule has 0 aromatic carbocycles. The highest BCUT2D eigenvalue weighted by Crippen LogP contribution is 2.14. The molecule has 6 heteroatoms. The summed E-state index contributed by atoms with van der Waals surface area (Å²) in [5.41, 5.74) is 0. The lowest BCUT2D eigenvalue weighted by Crippen LogP contribution is -2.30. The number of unbranched alkanes of at least 4 members (excludes halogenated alkanes) is 21. The van der Waals surface area contributed by atoms with Gasteiger partial charge >= 0.3 is 17.9 Å². The summed E-state index contributed by atoms with van der Waals surface area (Å²) in [4.78, 5) is 37.7. The van der Waals surface area contributed by atoms with Crippen LogP contribution >= 0.6 is 0 Å². The fourth-order valence-electron chi connectivity index (χ4n) is 6.08. The quantitative estimate of drug-likeness (QED) is 0.0267. The van der Waals surface area contributed by atoms with Crippen LogP contribution in [-0.2, 0) is 28.6 Å². The Morgan fingerprint density at radius 3 is 1.18 bits per heavy atom. The molecular weight excluding hydrogens is 697 g/mol. The molecule has 0 saturated heterocycles. The second-order valence-corrected chi connectivity index (χ2v) is 15.1. The van der Waals surface area contributed by atoms with Gasteiger partial charge in [0.15, 0.2) is 6.10 Å². The number of carbonyl (C=O) groups excluding carboxylic acids is 3. The lowest BCUT2D eigenvalue weighted by Gasteiger charge is -2.18. The van der Waals surface area contributed by atoms with E-state index in [9.17, 15) is 14.4 Å². The predicted octanol–water partition coefficient (Wildman–Crippen LogP) is 14.7. The Balaban J connectivity index is 4.45. The van der Waals surface area contributed by atoms with Crippen LogP contribution in [0.4, 0.5) is 0 Å². The standard InChI is InChI=1S/C50H84O6/c1-4-7-10-13-16-19-22-24-25-26-29-31-34-37-40-43-49(52)55-46-47(45-54-48(51)42-39-36-33-30-27-21-18-15-12-9-6-3)56-50(53)44-41-38-35-32-28-23-20-17-14-11-8-5-2/h7,10,13,15-16,18-19,21-22,24-25,27,47H,4-6,8-9,11-12,14,17,20,23,26,28-46H2,1-3H3/b10-7-,16-13-,18-15-,22-19-,25-24-,27-21-. The second kappa shape index (κ2) is 44.6. The average Bonchev–Trinajstić information content (AvgIpc) is 3.19. The first-order chi connectivity index (χ1) is 27.5. The van der Waals surface area contributed by atoms with Gasteiger partial charge in [0.1, 0.15) is 13.2 Å². The summed E-state index contributed by atoms with van der Waals surface area (Å²) in [5.74, 6) is -0.949. The smallest absolute Gasteiger partial charge is 0.306 e. The van der Waals surface area contributed by atoms with Crippen molar-refractivity contribution >= 4 is 17.9 Å². The molecule has 1 unspecified atom stereocenters. The van der Waals surface area contributed by atoms with E-state index >= 15 is 0 Å². The van der Waals surface area contributed by atoms with Crippen molar-refractivity contribution in [3.8, 4) is 0 Å². The second-order valence-electron chi connectivity index (χ2n) is 15.1. The molecule has 0 aromatic rings. The maximum absolute atomic E-state index is 12.7. The van der Waals surface area contributed by atoms with Gasteiger partial charge in [0.05, 0.1) is 0 Å². The van der Waals surface area contributed by atoms with Crippen LogP contribution in [0, 0.1) is 0 Å². The topological polar surface area (TPSA) is 78.9 Å². The molecule has 0 rings (SSSR count). The first-order valence-electron chi connectivity index (χ1n) is 23.0. The van der Waals surface area contributed by atoms with Crippen molar-refractivity contribution in [2.24, 2.45) is 0 Å². The third kappa shape index (κ3) is 42.0. The molecule has 0 amide bonds. The third-order valence-electron chi connectivity index (χ3n) is 9.57. The third-order valence-corrected chi connectivity index (χ3v) is 9.57. The summed E-state index contributed by atoms with van der Waals surface area (Å²) in [6.07, 6.45) is 54.5. The van der Waals surface area contributed by atoms with E-state index in [2.05, 4.69) is 69.4 Å². The number of allylic oxidation sites excluding steroid dienone is 12. The van der Waals surface area contributed by atoms with Crippen molar-refractivity contribution in [1.29, 1.82) is 0 Å². The minimum atomic E-state index is -0.792. The van der Waals surface area contributed by atoms with Crippen molar-refractivity contribution in [1.82, 2.24) is 0 Å². The summed E-state index contributed by atoms with van der Waals surface area (Å²) in [6, 6.07) is 0. The van der Waals surface area contributed by atoms with Crippen LogP contribution in [0.15, 0.2) is 72.9 Å². The Morgan fingerprint density at radius 1 is 0.375 bits per heavy atom. The van der Waals surface area contributed by atoms with Gasteiger partial charge < -0.3 is 14.2 Å². The molecule has 0 N–H and O–H groups in total. The molecule has 56 heavy (non-hydrogen) atoms. The fourth-order valence-corrected chi connectivity index (χ4v) is 6.08. The molecule has 0 aliphatic rings. The maximum atomic E-state index is 12.7. The SMILES string of the molecule is CC\C=C/C=C\C=C/C=C\CCCCCCCC(=O)OCC(COC(=O)CCCCC/C=C\C=C/CCCC)OC(=O)CCCCCCCCCCCCCC. The van der Waals surface area contributed by atoms with Crippen LogP contribution in [0.1, 0.15) is 207 Å². The maximum Gasteiger partial charge on any atom is 0.306 e. The van der Waals surface area contributed by atoms with Gasteiger partial charge in [-0.1, -0.05) is 203 Å². The summed E-state index contributed by atoms with van der Waals surface area (Å²) in [6.45, 7) is 6.38. The molecule has 0 saturated carbocycles. The summed E-state index contributed by atoms with van der Waals surface area (Å²) < 4.78 is 16.7. The fraction of sp³-hybridized carbons (Fsp3) is 0.700. The largest absolute Gasteiger partial charge is 0.462 e. The zero-order valence-electron chi connectivity index (χ0n) is 36.4. The van der Waals surface area contributed by atoms with E-state index in [4.69, 9.17) is 14.2 Å². The molecule has 0 aliphatic carbocycles. The lowest BCUT2D eigenvalue weighted by molar-refractivity contribution is -0.167. The minimum absolute atomic E-state index is 0.0957. The van der Waals surface area contributed by atoms with E-state index < -0.39 is 6.10 Å². The highest BCUT2D eigenvalue weighted by atomic mass is 16.6. The van der Waals surface area contributed by atoms with Gasteiger partial charge in [-0.25, -0.2) is 0 Å². The molecule has 0 heterocycles. The Labute approximate surface area is 344 Å². The summed E-state index contributed by atoms with van der Waals surface area (Å²) in [5, 5.41) is 0. The monoisotopic (exact) mass is 781 g/mol. The van der Waals surface area contributed by atoms with E-state index in [1.165, 1.54) is 70.6 Å². The molecule has 0 aromatic heterocycles. The van der Waals surface area contributed by atoms with Crippen molar-refractivity contribution in [2.75, 3.05) is 13.2 Å². The van der Waals surface area contributed by atoms with Gasteiger partial charge in [-0.3, -0.25) is 14.4 Å². The average molecular weight is 781 g/mol. The van der Waals surface area contributed by atoms with Crippen LogP contribution in [0.5, 0.6) is 0 Å². The van der Waals surface area contributed by atoms with Gasteiger partial charge in [0, 0.05) is 19.3 Å². The van der Waals surface area contributed by atoms with Crippen molar-refractivity contribution < 1.29 is 28.6 Å². The van der Waals surface area contributed by atoms with Crippen LogP contribution < -0.4 is 0 Å². The number of carbonyl (C=O) groups is 3. The molecule has 0 aliphatic heterocycles. The van der Waals surface area contributed by atoms with Gasteiger partial charge in [0.25, 0.3) is 0 Å². The lowest BCUT2D eigenvalue weighted by atomic mass is 10.0. The Hall–Kier alpha value is -3.15. The molecule has 0 fully saturated rings. The molecule has 0 spiro atoms. The number of ether oxygens (including phenoxy) is 3. The Bertz CT molecular complexity index is 1080. The normalized spacial score (nSPS) is 12.7. The number of rotatable bonds is 40. The first kappa shape index (κ1) is 52.9. The minimum Gasteiger partial charge on any atom is -0.462 e. The number of hydrogen-bond donors (Lipinski definition) is 0. The number of esters is 3. The highest BCUT2D eigenvalue weighted by molar-refractivity contribution is 5.71. The van der Waals surface area contributed by atoms with Crippen molar-refractivity contribution in [3.05, 3.63) is 72.9 Å². The van der Waals surface area contributed by atoms with Crippen LogP contribution in [0.2, 0.25) is 0 Å². The predicted molar refractivity (Wildman–Crippen MR) is 238 cm³/mol. The van der Waals surface area contributed by atoms with Gasteiger partial charge in [-0.15, -0.1) is 0 Å². The van der Waals surface area contributed by atoms with Crippen LogP contribution in [-0.4, -0.2) is 37.2 Å². The molecule has 0 radical (unpaired) electrons. The highest BCUT2D eigenvalue weighted by Gasteiger charge is 2.19. The van der Waals surface area contributed by atoms with Gasteiger partial charge in [0.2, 0.25) is 0 Å². The molecule has 0 bridgehead atoms. The number of hydrogen-bond acceptors (Lipinski definition) is 6. The molecule has 1 atom stereocenters. The summed E-state index contributed by atoms with van der Waals surface area (Å²) in [7, 11) is 0. The zero-order valence-corrected chi connectivity index (χ0v) is 36.4. The van der Waals surface area contributed by atoms with Gasteiger partial charge in [-0.05, 0) is 57.8 Å². The Kier molecular flexibility index (Phi) is 42.1. The van der Waals surface area contributed by atoms with E-state index in [0.717, 1.165) is 96.3 Å². The first-order valence-corrected chi connectivity index (χ1v) is 23.0. The zero-order chi connectivity index (χ0) is 40.8. The molecular formula is C50H84O6. The summed E-state index contributed by atoms with van der Waals surface area (Å²) >= 11 is 0. The van der Waals surface area contributed by atoms with E-state index in [1.54, 1.807) is 0 Å². The van der Waals surface area contributed by atoms with E-state index in [1.807, 2.05) is 24.3 Å². The molecule has 6 nitrogen and oxygen atoms in total. The van der Waals surface area contributed by atoms with Crippen molar-refractivity contribution in [3.63, 3.8) is 0 Å².